The molecule has 2 aliphatic rings. The van der Waals surface area contributed by atoms with Gasteiger partial charge in [0.15, 0.2) is 0 Å². The zero-order chi connectivity index (χ0) is 22.4. The molecule has 1 saturated heterocycles. The summed E-state index contributed by atoms with van der Waals surface area (Å²) < 4.78 is 79.1. The van der Waals surface area contributed by atoms with Crippen LogP contribution in [0.25, 0.3) is 0 Å². The van der Waals surface area contributed by atoms with Crippen LogP contribution in [-0.2, 0) is 20.9 Å². The van der Waals surface area contributed by atoms with E-state index in [1.807, 2.05) is 0 Å². The number of fused-ring (bicyclic) bond motifs is 1. The topological polar surface area (TPSA) is 76.1 Å². The zero-order valence-electron chi connectivity index (χ0n) is 16.1. The second-order valence-corrected chi connectivity index (χ2v) is 10.5. The number of nitrogens with zero attached hydrogens (tertiary/aromatic N) is 1. The van der Waals surface area contributed by atoms with Gasteiger partial charge in [0.2, 0.25) is 0 Å². The molecule has 1 N–H and O–H groups in total. The van der Waals surface area contributed by atoms with Crippen LogP contribution >= 0.6 is 15.9 Å². The van der Waals surface area contributed by atoms with Crippen molar-refractivity contribution in [3.8, 4) is 5.75 Å². The molecule has 31 heavy (non-hydrogen) atoms. The highest BCUT2D eigenvalue weighted by atomic mass is 79.9. The Morgan fingerprint density at radius 3 is 2.55 bits per heavy atom. The summed E-state index contributed by atoms with van der Waals surface area (Å²) in [6.45, 7) is 0.415. The predicted octanol–water partition coefficient (Wildman–Crippen LogP) is 3.82. The van der Waals surface area contributed by atoms with Crippen LogP contribution in [0.1, 0.15) is 12.0 Å². The molecule has 0 spiro atoms. The standard InChI is InChI=1S/C20H19BrF3NO5S/c21-14-4-5-18-17(7-14)25(9-15(30-18)8-19(10-26)11-29-12-19)31(27,28)16-3-1-2-13(6-16)20(22,23)24/h1-7,15,26H,8-12H2. The van der Waals surface area contributed by atoms with Crippen LogP contribution in [-0.4, -0.2) is 46.0 Å². The van der Waals surface area contributed by atoms with E-state index in [1.165, 1.54) is 0 Å². The highest BCUT2D eigenvalue weighted by Crippen LogP contribution is 2.42. The number of aliphatic hydroxyl groups is 1. The summed E-state index contributed by atoms with van der Waals surface area (Å²) in [6, 6.07) is 8.50. The molecule has 0 saturated carbocycles. The van der Waals surface area contributed by atoms with E-state index in [0.29, 0.717) is 35.9 Å². The minimum absolute atomic E-state index is 0.107. The average Bonchev–Trinajstić information content (AvgIpc) is 2.69. The molecular weight excluding hydrogens is 503 g/mol. The van der Waals surface area contributed by atoms with E-state index < -0.39 is 38.2 Å². The Balaban J connectivity index is 1.74. The fourth-order valence-electron chi connectivity index (χ4n) is 3.73. The molecule has 11 heteroatoms. The lowest BCUT2D eigenvalue weighted by Crippen LogP contribution is -2.52. The normalized spacial score (nSPS) is 20.5. The van der Waals surface area contributed by atoms with Crippen LogP contribution in [0.3, 0.4) is 0 Å². The molecule has 4 rings (SSSR count). The third kappa shape index (κ3) is 4.28. The first kappa shape index (κ1) is 22.4. The summed E-state index contributed by atoms with van der Waals surface area (Å²) >= 11 is 3.30. The smallest absolute Gasteiger partial charge is 0.416 e. The first-order chi connectivity index (χ1) is 14.5. The van der Waals surface area contributed by atoms with Crippen LogP contribution in [0.15, 0.2) is 51.8 Å². The highest BCUT2D eigenvalue weighted by molar-refractivity contribution is 9.10. The summed E-state index contributed by atoms with van der Waals surface area (Å²) in [7, 11) is -4.32. The second kappa shape index (κ2) is 7.95. The molecule has 0 aliphatic carbocycles. The second-order valence-electron chi connectivity index (χ2n) is 7.77. The van der Waals surface area contributed by atoms with Crippen molar-refractivity contribution in [1.82, 2.24) is 0 Å². The molecular formula is C20H19BrF3NO5S. The molecule has 2 aromatic carbocycles. The number of benzene rings is 2. The molecule has 1 fully saturated rings. The number of halogens is 4. The van der Waals surface area contributed by atoms with Gasteiger partial charge in [0.1, 0.15) is 11.9 Å². The SMILES string of the molecule is O=S(=O)(c1cccc(C(F)(F)F)c1)N1CC(CC2(CO)COC2)Oc2ccc(Br)cc21. The fraction of sp³-hybridized carbons (Fsp3) is 0.400. The molecule has 2 heterocycles. The number of anilines is 1. The number of aliphatic hydroxyl groups excluding tert-OH is 1. The first-order valence-electron chi connectivity index (χ1n) is 9.39. The monoisotopic (exact) mass is 521 g/mol. The van der Waals surface area contributed by atoms with Crippen molar-refractivity contribution in [2.75, 3.05) is 30.7 Å². The average molecular weight is 522 g/mol. The lowest BCUT2D eigenvalue weighted by Gasteiger charge is -2.44. The Morgan fingerprint density at radius 1 is 1.19 bits per heavy atom. The van der Waals surface area contributed by atoms with Crippen molar-refractivity contribution in [2.24, 2.45) is 5.41 Å². The molecule has 1 unspecified atom stereocenters. The van der Waals surface area contributed by atoms with E-state index in [1.54, 1.807) is 18.2 Å². The molecule has 0 aromatic heterocycles. The quantitative estimate of drug-likeness (QED) is 0.647. The van der Waals surface area contributed by atoms with Gasteiger partial charge >= 0.3 is 6.18 Å². The molecule has 2 aromatic rings. The van der Waals surface area contributed by atoms with Crippen molar-refractivity contribution in [2.45, 2.75) is 23.6 Å². The summed E-state index contributed by atoms with van der Waals surface area (Å²) in [5.74, 6) is 0.295. The summed E-state index contributed by atoms with van der Waals surface area (Å²) in [4.78, 5) is -0.460. The minimum Gasteiger partial charge on any atom is -0.486 e. The minimum atomic E-state index is -4.67. The molecule has 168 valence electrons. The summed E-state index contributed by atoms with van der Waals surface area (Å²) in [6.07, 6.45) is -4.93. The largest absolute Gasteiger partial charge is 0.486 e. The van der Waals surface area contributed by atoms with Crippen LogP contribution in [0.5, 0.6) is 5.75 Å². The van der Waals surface area contributed by atoms with Gasteiger partial charge < -0.3 is 14.6 Å². The van der Waals surface area contributed by atoms with E-state index in [2.05, 4.69) is 15.9 Å². The Kier molecular flexibility index (Phi) is 5.74. The number of ether oxygens (including phenoxy) is 2. The highest BCUT2D eigenvalue weighted by Gasteiger charge is 2.44. The van der Waals surface area contributed by atoms with Crippen molar-refractivity contribution < 1.29 is 36.2 Å². The van der Waals surface area contributed by atoms with Gasteiger partial charge in [-0.1, -0.05) is 22.0 Å². The van der Waals surface area contributed by atoms with Gasteiger partial charge in [-0.3, -0.25) is 4.31 Å². The number of sulfonamides is 1. The summed E-state index contributed by atoms with van der Waals surface area (Å²) in [5, 5.41) is 9.73. The van der Waals surface area contributed by atoms with Gasteiger partial charge in [0, 0.05) is 9.89 Å². The maximum Gasteiger partial charge on any atom is 0.416 e. The molecule has 0 amide bonds. The van der Waals surface area contributed by atoms with Crippen LogP contribution in [0.2, 0.25) is 0 Å². The molecule has 0 bridgehead atoms. The fourth-order valence-corrected chi connectivity index (χ4v) is 5.62. The van der Waals surface area contributed by atoms with Gasteiger partial charge in [-0.2, -0.15) is 13.2 Å². The first-order valence-corrected chi connectivity index (χ1v) is 11.6. The number of alkyl halides is 3. The zero-order valence-corrected chi connectivity index (χ0v) is 18.5. The van der Waals surface area contributed by atoms with Gasteiger partial charge in [0.25, 0.3) is 10.0 Å². The van der Waals surface area contributed by atoms with E-state index in [0.717, 1.165) is 22.5 Å². The van der Waals surface area contributed by atoms with Crippen molar-refractivity contribution >= 4 is 31.6 Å². The van der Waals surface area contributed by atoms with Crippen molar-refractivity contribution in [3.05, 3.63) is 52.5 Å². The van der Waals surface area contributed by atoms with E-state index in [-0.39, 0.29) is 18.8 Å². The van der Waals surface area contributed by atoms with Gasteiger partial charge in [0.05, 0.1) is 42.5 Å². The van der Waals surface area contributed by atoms with Gasteiger partial charge in [-0.25, -0.2) is 8.42 Å². The van der Waals surface area contributed by atoms with E-state index in [4.69, 9.17) is 9.47 Å². The molecule has 0 radical (unpaired) electrons. The Labute approximate surface area is 185 Å². The Hall–Kier alpha value is -1.82. The van der Waals surface area contributed by atoms with E-state index in [9.17, 15) is 26.7 Å². The molecule has 6 nitrogen and oxygen atoms in total. The predicted molar refractivity (Wildman–Crippen MR) is 109 cm³/mol. The number of hydrogen-bond acceptors (Lipinski definition) is 5. The molecule has 2 aliphatic heterocycles. The van der Waals surface area contributed by atoms with Crippen molar-refractivity contribution in [3.63, 3.8) is 0 Å². The lowest BCUT2D eigenvalue weighted by atomic mass is 9.81. The summed E-state index contributed by atoms with van der Waals surface area (Å²) in [5.41, 5.74) is -1.34. The molecule has 1 atom stereocenters. The van der Waals surface area contributed by atoms with Crippen LogP contribution < -0.4 is 9.04 Å². The Bertz CT molecular complexity index is 1080. The van der Waals surface area contributed by atoms with Gasteiger partial charge in [-0.15, -0.1) is 0 Å². The third-order valence-corrected chi connectivity index (χ3v) is 7.68. The third-order valence-electron chi connectivity index (χ3n) is 5.41. The van der Waals surface area contributed by atoms with Crippen molar-refractivity contribution in [1.29, 1.82) is 0 Å². The number of hydrogen-bond donors (Lipinski definition) is 1. The lowest BCUT2D eigenvalue weighted by molar-refractivity contribution is -0.151. The maximum atomic E-state index is 13.4. The number of rotatable bonds is 5. The van der Waals surface area contributed by atoms with Crippen LogP contribution in [0.4, 0.5) is 18.9 Å². The van der Waals surface area contributed by atoms with Gasteiger partial charge in [-0.05, 0) is 42.8 Å². The van der Waals surface area contributed by atoms with Crippen LogP contribution in [0, 0.1) is 5.41 Å². The van der Waals surface area contributed by atoms with E-state index >= 15 is 0 Å². The Morgan fingerprint density at radius 2 is 1.94 bits per heavy atom. The maximum absolute atomic E-state index is 13.4.